The highest BCUT2D eigenvalue weighted by molar-refractivity contribution is 6.33. The predicted octanol–water partition coefficient (Wildman–Crippen LogP) is 0.914. The molecule has 1 aliphatic heterocycles. The average Bonchev–Trinajstić information content (AvgIpc) is 2.57. The molecule has 0 amide bonds. The predicted molar refractivity (Wildman–Crippen MR) is 62.3 cm³/mol. The van der Waals surface area contributed by atoms with Crippen LogP contribution in [0.2, 0.25) is 0 Å². The monoisotopic (exact) mass is 211 g/mol. The van der Waals surface area contributed by atoms with Crippen LogP contribution >= 0.6 is 0 Å². The molecule has 0 saturated heterocycles. The van der Waals surface area contributed by atoms with Gasteiger partial charge in [-0.2, -0.15) is 0 Å². The van der Waals surface area contributed by atoms with Crippen molar-refractivity contribution in [2.24, 2.45) is 0 Å². The molecule has 0 atom stereocenters. The van der Waals surface area contributed by atoms with E-state index in [1.165, 1.54) is 0 Å². The van der Waals surface area contributed by atoms with Crippen LogP contribution in [0.1, 0.15) is 16.1 Å². The first-order chi connectivity index (χ1) is 7.66. The van der Waals surface area contributed by atoms with Gasteiger partial charge in [-0.05, 0) is 18.6 Å². The Morgan fingerprint density at radius 3 is 3.00 bits per heavy atom. The molecule has 0 aliphatic carbocycles. The maximum absolute atomic E-state index is 11.6. The average molecular weight is 211 g/mol. The molecule has 78 valence electrons. The van der Waals surface area contributed by atoms with Gasteiger partial charge in [-0.1, -0.05) is 17.6 Å². The Morgan fingerprint density at radius 1 is 1.38 bits per heavy atom. The molecule has 2 radical (unpaired) electrons. The molecule has 2 aromatic rings. The van der Waals surface area contributed by atoms with Gasteiger partial charge in [0.25, 0.3) is 0 Å². The van der Waals surface area contributed by atoms with Crippen molar-refractivity contribution in [3.63, 3.8) is 0 Å². The van der Waals surface area contributed by atoms with E-state index in [9.17, 15) is 4.79 Å². The van der Waals surface area contributed by atoms with Gasteiger partial charge in [0, 0.05) is 5.39 Å². The second-order valence-corrected chi connectivity index (χ2v) is 4.09. The highest BCUT2D eigenvalue weighted by atomic mass is 16.5. The summed E-state index contributed by atoms with van der Waals surface area (Å²) in [5, 5.41) is 1.01. The summed E-state index contributed by atoms with van der Waals surface area (Å²) in [6.07, 6.45) is 0. The molecule has 0 spiro atoms. The Morgan fingerprint density at radius 2 is 2.19 bits per heavy atom. The van der Waals surface area contributed by atoms with Crippen molar-refractivity contribution in [2.45, 2.75) is 13.5 Å². The minimum atomic E-state index is -0.250. The maximum Gasteiger partial charge on any atom is 0.355 e. The Hall–Kier alpha value is -1.71. The number of nitrogens with zero attached hydrogens (tertiary/aromatic N) is 1. The summed E-state index contributed by atoms with van der Waals surface area (Å²) in [7, 11) is 5.79. The van der Waals surface area contributed by atoms with Crippen LogP contribution in [0, 0.1) is 6.92 Å². The van der Waals surface area contributed by atoms with Crippen molar-refractivity contribution in [3.8, 4) is 0 Å². The topological polar surface area (TPSA) is 31.2 Å². The fourth-order valence-corrected chi connectivity index (χ4v) is 2.36. The van der Waals surface area contributed by atoms with Crippen LogP contribution in [0.5, 0.6) is 0 Å². The standard InChI is InChI=1S/C12H10BNO2/c1-7-4-9(13)5-8-6-10-12(15)16-3-2-14(10)11(7)8/h4-6H,2-3H2,1H3. The minimum absolute atomic E-state index is 0.250. The van der Waals surface area contributed by atoms with Gasteiger partial charge < -0.3 is 9.30 Å². The lowest BCUT2D eigenvalue weighted by Gasteiger charge is -2.16. The zero-order chi connectivity index (χ0) is 11.3. The van der Waals surface area contributed by atoms with E-state index in [4.69, 9.17) is 12.6 Å². The van der Waals surface area contributed by atoms with Crippen molar-refractivity contribution < 1.29 is 9.53 Å². The lowest BCUT2D eigenvalue weighted by molar-refractivity contribution is 0.0426. The van der Waals surface area contributed by atoms with Crippen LogP contribution in [-0.4, -0.2) is 25.0 Å². The zero-order valence-electron chi connectivity index (χ0n) is 8.99. The first-order valence-electron chi connectivity index (χ1n) is 5.23. The molecule has 0 N–H and O–H groups in total. The lowest BCUT2D eigenvalue weighted by Crippen LogP contribution is -2.22. The molecule has 0 fully saturated rings. The highest BCUT2D eigenvalue weighted by Crippen LogP contribution is 2.24. The second kappa shape index (κ2) is 3.14. The van der Waals surface area contributed by atoms with Crippen LogP contribution in [0.25, 0.3) is 10.9 Å². The molecule has 1 aromatic heterocycles. The van der Waals surface area contributed by atoms with Crippen LogP contribution in [0.3, 0.4) is 0 Å². The number of hydrogen-bond donors (Lipinski definition) is 0. The number of benzene rings is 1. The molecule has 2 heterocycles. The number of fused-ring (bicyclic) bond motifs is 3. The third-order valence-corrected chi connectivity index (χ3v) is 2.96. The van der Waals surface area contributed by atoms with E-state index in [0.717, 1.165) is 28.5 Å². The van der Waals surface area contributed by atoms with E-state index in [2.05, 4.69) is 0 Å². The van der Waals surface area contributed by atoms with E-state index in [0.29, 0.717) is 12.3 Å². The molecule has 0 bridgehead atoms. The minimum Gasteiger partial charge on any atom is -0.459 e. The van der Waals surface area contributed by atoms with Crippen LogP contribution in [-0.2, 0) is 11.3 Å². The summed E-state index contributed by atoms with van der Waals surface area (Å²) in [6, 6.07) is 5.66. The van der Waals surface area contributed by atoms with Crippen molar-refractivity contribution in [3.05, 3.63) is 29.5 Å². The Bertz CT molecular complexity index is 601. The van der Waals surface area contributed by atoms with Crippen LogP contribution < -0.4 is 5.46 Å². The summed E-state index contributed by atoms with van der Waals surface area (Å²) in [6.45, 7) is 3.17. The van der Waals surface area contributed by atoms with Crippen molar-refractivity contribution in [1.29, 1.82) is 0 Å². The molecule has 16 heavy (non-hydrogen) atoms. The van der Waals surface area contributed by atoms with Crippen LogP contribution in [0.15, 0.2) is 18.2 Å². The fraction of sp³-hybridized carbons (Fsp3) is 0.250. The third-order valence-electron chi connectivity index (χ3n) is 2.96. The molecular formula is C12H10BNO2. The number of ether oxygens (including phenoxy) is 1. The number of cyclic esters (lactones) is 1. The van der Waals surface area contributed by atoms with E-state index in [1.807, 2.05) is 29.7 Å². The Labute approximate surface area is 94.4 Å². The molecule has 4 heteroatoms. The smallest absolute Gasteiger partial charge is 0.355 e. The molecule has 0 saturated carbocycles. The Balaban J connectivity index is 2.40. The van der Waals surface area contributed by atoms with Gasteiger partial charge in [-0.3, -0.25) is 0 Å². The number of rotatable bonds is 0. The van der Waals surface area contributed by atoms with Gasteiger partial charge >= 0.3 is 5.97 Å². The lowest BCUT2D eigenvalue weighted by atomic mass is 9.93. The summed E-state index contributed by atoms with van der Waals surface area (Å²) in [5.74, 6) is -0.250. The molecule has 1 aromatic carbocycles. The van der Waals surface area contributed by atoms with E-state index in [1.54, 1.807) is 0 Å². The number of aromatic nitrogens is 1. The summed E-state index contributed by atoms with van der Waals surface area (Å²) in [5.41, 5.74) is 3.52. The SMILES string of the molecule is [B]c1cc(C)c2c(c1)cc1n2CCOC1=O. The summed E-state index contributed by atoms with van der Waals surface area (Å²) < 4.78 is 7.02. The fourth-order valence-electron chi connectivity index (χ4n) is 2.36. The first-order valence-corrected chi connectivity index (χ1v) is 5.23. The van der Waals surface area contributed by atoms with Gasteiger partial charge in [0.2, 0.25) is 0 Å². The normalized spacial score (nSPS) is 14.9. The molecule has 0 unspecified atom stereocenters. The number of aryl methyl sites for hydroxylation is 1. The van der Waals surface area contributed by atoms with E-state index >= 15 is 0 Å². The zero-order valence-corrected chi connectivity index (χ0v) is 8.99. The number of hydrogen-bond acceptors (Lipinski definition) is 2. The third kappa shape index (κ3) is 1.19. The van der Waals surface area contributed by atoms with E-state index in [-0.39, 0.29) is 5.97 Å². The number of carbonyl (C=O) groups excluding carboxylic acids is 1. The number of esters is 1. The van der Waals surface area contributed by atoms with Crippen molar-refractivity contribution >= 4 is 30.2 Å². The van der Waals surface area contributed by atoms with Gasteiger partial charge in [-0.25, -0.2) is 4.79 Å². The first kappa shape index (κ1) is 9.52. The summed E-state index contributed by atoms with van der Waals surface area (Å²) in [4.78, 5) is 11.6. The highest BCUT2D eigenvalue weighted by Gasteiger charge is 2.21. The molecule has 3 nitrogen and oxygen atoms in total. The van der Waals surface area contributed by atoms with Gasteiger partial charge in [0.1, 0.15) is 20.1 Å². The van der Waals surface area contributed by atoms with Crippen molar-refractivity contribution in [2.75, 3.05) is 6.61 Å². The quantitative estimate of drug-likeness (QED) is 0.479. The van der Waals surface area contributed by atoms with Gasteiger partial charge in [-0.15, -0.1) is 0 Å². The second-order valence-electron chi connectivity index (χ2n) is 4.09. The largest absolute Gasteiger partial charge is 0.459 e. The van der Waals surface area contributed by atoms with Gasteiger partial charge in [0.15, 0.2) is 0 Å². The molecule has 3 rings (SSSR count). The molecule has 1 aliphatic rings. The van der Waals surface area contributed by atoms with Crippen molar-refractivity contribution in [1.82, 2.24) is 4.57 Å². The maximum atomic E-state index is 11.6. The van der Waals surface area contributed by atoms with Gasteiger partial charge in [0.05, 0.1) is 12.1 Å². The van der Waals surface area contributed by atoms with Crippen LogP contribution in [0.4, 0.5) is 0 Å². The summed E-state index contributed by atoms with van der Waals surface area (Å²) >= 11 is 0. The Kier molecular flexibility index (Phi) is 1.87. The van der Waals surface area contributed by atoms with E-state index < -0.39 is 0 Å². The number of carbonyl (C=O) groups is 1. The molecular weight excluding hydrogens is 201 g/mol.